The van der Waals surface area contributed by atoms with Crippen LogP contribution in [0.15, 0.2) is 54.7 Å². The van der Waals surface area contributed by atoms with Crippen LogP contribution in [0.1, 0.15) is 28.8 Å². The summed E-state index contributed by atoms with van der Waals surface area (Å²) in [5.74, 6) is 0.222. The number of aromatic nitrogens is 1. The SMILES string of the molecule is COc1ccc2c(N3CCN(C(=O)C4CCCN(C(=O)c5ccc(CC(N)=O)cc5)C4)CC3)ccnc2c1. The first-order valence-electron chi connectivity index (χ1n) is 13.1. The number of nitrogens with zero attached hydrogens (tertiary/aromatic N) is 4. The fraction of sp³-hybridized carbons (Fsp3) is 0.379. The number of methoxy groups -OCH3 is 1. The topological polar surface area (TPSA) is 109 Å². The number of carbonyl (C=O) groups is 3. The summed E-state index contributed by atoms with van der Waals surface area (Å²) in [6.07, 6.45) is 3.55. The van der Waals surface area contributed by atoms with Crippen molar-refractivity contribution in [2.45, 2.75) is 19.3 Å². The zero-order valence-corrected chi connectivity index (χ0v) is 21.6. The van der Waals surface area contributed by atoms with Gasteiger partial charge < -0.3 is 25.2 Å². The van der Waals surface area contributed by atoms with Gasteiger partial charge >= 0.3 is 0 Å². The number of carbonyl (C=O) groups excluding carboxylic acids is 3. The summed E-state index contributed by atoms with van der Waals surface area (Å²) in [6, 6.07) is 14.9. The first kappa shape index (κ1) is 25.5. The van der Waals surface area contributed by atoms with E-state index in [9.17, 15) is 14.4 Å². The smallest absolute Gasteiger partial charge is 0.253 e. The van der Waals surface area contributed by atoms with Crippen molar-refractivity contribution in [2.24, 2.45) is 11.7 Å². The normalized spacial score (nSPS) is 17.9. The van der Waals surface area contributed by atoms with Crippen LogP contribution in [0, 0.1) is 5.92 Å². The van der Waals surface area contributed by atoms with E-state index in [4.69, 9.17) is 10.5 Å². The second-order valence-corrected chi connectivity index (χ2v) is 9.96. The van der Waals surface area contributed by atoms with Crippen LogP contribution >= 0.6 is 0 Å². The number of benzene rings is 2. The maximum absolute atomic E-state index is 13.4. The van der Waals surface area contributed by atoms with Crippen LogP contribution < -0.4 is 15.4 Å². The molecule has 0 bridgehead atoms. The van der Waals surface area contributed by atoms with Gasteiger partial charge in [0.25, 0.3) is 5.91 Å². The minimum atomic E-state index is -0.405. The van der Waals surface area contributed by atoms with Crippen molar-refractivity contribution < 1.29 is 19.1 Å². The Hall–Kier alpha value is -4.14. The van der Waals surface area contributed by atoms with Crippen LogP contribution in [0.5, 0.6) is 5.75 Å². The van der Waals surface area contributed by atoms with Crippen LogP contribution in [-0.4, -0.2) is 78.9 Å². The largest absolute Gasteiger partial charge is 0.497 e. The molecule has 9 nitrogen and oxygen atoms in total. The molecule has 0 saturated carbocycles. The van der Waals surface area contributed by atoms with Gasteiger partial charge in [0, 0.05) is 68.2 Å². The number of nitrogens with two attached hydrogens (primary N) is 1. The molecule has 3 heterocycles. The number of hydrogen-bond acceptors (Lipinski definition) is 6. The number of amides is 3. The summed E-state index contributed by atoms with van der Waals surface area (Å²) in [7, 11) is 1.65. The Morgan fingerprint density at radius 2 is 1.74 bits per heavy atom. The number of rotatable bonds is 6. The molecule has 1 atom stereocenters. The molecule has 3 amide bonds. The number of anilines is 1. The van der Waals surface area contributed by atoms with Gasteiger partial charge in [0.15, 0.2) is 0 Å². The van der Waals surface area contributed by atoms with Crippen LogP contribution in [0.2, 0.25) is 0 Å². The molecule has 1 unspecified atom stereocenters. The molecule has 2 aliphatic heterocycles. The van der Waals surface area contributed by atoms with Crippen molar-refractivity contribution in [3.63, 3.8) is 0 Å². The summed E-state index contributed by atoms with van der Waals surface area (Å²) >= 11 is 0. The maximum Gasteiger partial charge on any atom is 0.253 e. The zero-order valence-electron chi connectivity index (χ0n) is 21.6. The lowest BCUT2D eigenvalue weighted by Gasteiger charge is -2.40. The summed E-state index contributed by atoms with van der Waals surface area (Å²) in [5.41, 5.74) is 8.58. The van der Waals surface area contributed by atoms with Gasteiger partial charge in [0.05, 0.1) is 25.0 Å². The minimum absolute atomic E-state index is 0.0841. The lowest BCUT2D eigenvalue weighted by molar-refractivity contribution is -0.137. The molecule has 9 heteroatoms. The van der Waals surface area contributed by atoms with E-state index in [1.54, 1.807) is 36.3 Å². The average Bonchev–Trinajstić information content (AvgIpc) is 2.96. The van der Waals surface area contributed by atoms with E-state index in [-0.39, 0.29) is 24.2 Å². The molecular weight excluding hydrogens is 482 g/mol. The predicted molar refractivity (Wildman–Crippen MR) is 145 cm³/mol. The van der Waals surface area contributed by atoms with Gasteiger partial charge in [-0.25, -0.2) is 0 Å². The third-order valence-corrected chi connectivity index (χ3v) is 7.50. The number of piperidine rings is 1. The maximum atomic E-state index is 13.4. The third-order valence-electron chi connectivity index (χ3n) is 7.50. The Morgan fingerprint density at radius 3 is 2.45 bits per heavy atom. The highest BCUT2D eigenvalue weighted by Crippen LogP contribution is 2.29. The number of ether oxygens (including phenoxy) is 1. The lowest BCUT2D eigenvalue weighted by atomic mass is 9.95. The van der Waals surface area contributed by atoms with Gasteiger partial charge in [0.2, 0.25) is 11.8 Å². The van der Waals surface area contributed by atoms with Crippen LogP contribution in [0.25, 0.3) is 10.9 Å². The molecule has 2 saturated heterocycles. The molecule has 1 aromatic heterocycles. The second kappa shape index (κ2) is 11.1. The predicted octanol–water partition coefficient (Wildman–Crippen LogP) is 2.47. The van der Waals surface area contributed by atoms with E-state index < -0.39 is 5.91 Å². The molecular formula is C29H33N5O4. The highest BCUT2D eigenvalue weighted by atomic mass is 16.5. The Labute approximate surface area is 222 Å². The fourth-order valence-corrected chi connectivity index (χ4v) is 5.45. The van der Waals surface area contributed by atoms with Gasteiger partial charge in [-0.1, -0.05) is 12.1 Å². The Balaban J connectivity index is 1.19. The van der Waals surface area contributed by atoms with Gasteiger partial charge in [-0.15, -0.1) is 0 Å². The lowest BCUT2D eigenvalue weighted by Crippen LogP contribution is -2.53. The van der Waals surface area contributed by atoms with E-state index in [1.807, 2.05) is 35.4 Å². The third kappa shape index (κ3) is 5.41. The number of piperazine rings is 1. The van der Waals surface area contributed by atoms with E-state index in [1.165, 1.54) is 0 Å². The van der Waals surface area contributed by atoms with Crippen molar-refractivity contribution in [3.05, 3.63) is 65.9 Å². The number of hydrogen-bond donors (Lipinski definition) is 1. The molecule has 3 aromatic rings. The fourth-order valence-electron chi connectivity index (χ4n) is 5.45. The highest BCUT2D eigenvalue weighted by molar-refractivity contribution is 5.95. The number of likely N-dealkylation sites (tertiary alicyclic amines) is 1. The first-order chi connectivity index (χ1) is 18.4. The molecule has 2 aromatic carbocycles. The molecule has 38 heavy (non-hydrogen) atoms. The van der Waals surface area contributed by atoms with Crippen molar-refractivity contribution in [3.8, 4) is 5.75 Å². The number of primary amides is 1. The Morgan fingerprint density at radius 1 is 0.974 bits per heavy atom. The van der Waals surface area contributed by atoms with E-state index >= 15 is 0 Å². The minimum Gasteiger partial charge on any atom is -0.497 e. The van der Waals surface area contributed by atoms with Crippen molar-refractivity contribution in [2.75, 3.05) is 51.3 Å². The van der Waals surface area contributed by atoms with Crippen LogP contribution in [0.4, 0.5) is 5.69 Å². The van der Waals surface area contributed by atoms with Crippen LogP contribution in [0.3, 0.4) is 0 Å². The van der Waals surface area contributed by atoms with Crippen molar-refractivity contribution in [1.82, 2.24) is 14.8 Å². The quantitative estimate of drug-likeness (QED) is 0.540. The zero-order chi connectivity index (χ0) is 26.6. The first-order valence-corrected chi connectivity index (χ1v) is 13.1. The monoisotopic (exact) mass is 515 g/mol. The molecule has 2 N–H and O–H groups in total. The van der Waals surface area contributed by atoms with Gasteiger partial charge in [-0.2, -0.15) is 0 Å². The molecule has 0 radical (unpaired) electrons. The van der Waals surface area contributed by atoms with Gasteiger partial charge in [0.1, 0.15) is 5.75 Å². The molecule has 5 rings (SSSR count). The summed E-state index contributed by atoms with van der Waals surface area (Å²) in [6.45, 7) is 3.83. The number of fused-ring (bicyclic) bond motifs is 1. The van der Waals surface area contributed by atoms with Gasteiger partial charge in [-0.05, 0) is 48.7 Å². The van der Waals surface area contributed by atoms with E-state index in [2.05, 4.69) is 9.88 Å². The van der Waals surface area contributed by atoms with E-state index in [0.29, 0.717) is 31.7 Å². The summed E-state index contributed by atoms with van der Waals surface area (Å²) < 4.78 is 5.33. The van der Waals surface area contributed by atoms with Crippen molar-refractivity contribution >= 4 is 34.3 Å². The molecule has 198 valence electrons. The summed E-state index contributed by atoms with van der Waals surface area (Å²) in [5, 5.41) is 1.07. The molecule has 2 aliphatic rings. The number of pyridine rings is 1. The Kier molecular flexibility index (Phi) is 7.44. The molecule has 0 aliphatic carbocycles. The molecule has 2 fully saturated rings. The molecule has 0 spiro atoms. The van der Waals surface area contributed by atoms with E-state index in [0.717, 1.165) is 53.8 Å². The van der Waals surface area contributed by atoms with Crippen molar-refractivity contribution in [1.29, 1.82) is 0 Å². The average molecular weight is 516 g/mol. The van der Waals surface area contributed by atoms with Crippen LogP contribution in [-0.2, 0) is 16.0 Å². The van der Waals surface area contributed by atoms with Gasteiger partial charge in [-0.3, -0.25) is 19.4 Å². The Bertz CT molecular complexity index is 1330. The summed E-state index contributed by atoms with van der Waals surface area (Å²) in [4.78, 5) is 48.2. The highest BCUT2D eigenvalue weighted by Gasteiger charge is 2.33. The standard InChI is InChI=1S/C29H33N5O4/c1-38-23-8-9-24-25(18-23)31-11-10-26(24)32-13-15-33(16-14-32)29(37)22-3-2-12-34(19-22)28(36)21-6-4-20(5-7-21)17-27(30)35/h4-11,18,22H,2-3,12-17,19H2,1H3,(H2,30,35). The second-order valence-electron chi connectivity index (χ2n) is 9.96.